The highest BCUT2D eigenvalue weighted by atomic mass is 32.2. The summed E-state index contributed by atoms with van der Waals surface area (Å²) in [6.07, 6.45) is 0. The van der Waals surface area contributed by atoms with Gasteiger partial charge in [-0.3, -0.25) is 9.69 Å². The van der Waals surface area contributed by atoms with Gasteiger partial charge in [0.25, 0.3) is 5.91 Å². The number of rotatable bonds is 3. The molecule has 2 aromatic rings. The third kappa shape index (κ3) is 3.58. The molecule has 0 unspecified atom stereocenters. The lowest BCUT2D eigenvalue weighted by Gasteiger charge is -2.12. The van der Waals surface area contributed by atoms with Crippen molar-refractivity contribution in [3.63, 3.8) is 0 Å². The van der Waals surface area contributed by atoms with Crippen molar-refractivity contribution in [2.24, 2.45) is 4.99 Å². The van der Waals surface area contributed by atoms with Gasteiger partial charge in [0.2, 0.25) is 0 Å². The predicted octanol–water partition coefficient (Wildman–Crippen LogP) is 4.11. The second-order valence-electron chi connectivity index (χ2n) is 5.68. The van der Waals surface area contributed by atoms with Crippen LogP contribution in [0.2, 0.25) is 0 Å². The molecule has 1 N–H and O–H groups in total. The van der Waals surface area contributed by atoms with E-state index in [1.54, 1.807) is 29.2 Å². The Morgan fingerprint density at radius 1 is 1.24 bits per heavy atom. The molecule has 1 aromatic carbocycles. The van der Waals surface area contributed by atoms with E-state index in [1.807, 2.05) is 39.0 Å². The van der Waals surface area contributed by atoms with Crippen molar-refractivity contribution in [1.29, 1.82) is 0 Å². The van der Waals surface area contributed by atoms with Crippen molar-refractivity contribution in [2.75, 3.05) is 6.54 Å². The zero-order valence-corrected chi connectivity index (χ0v) is 15.2. The highest BCUT2D eigenvalue weighted by Gasteiger charge is 2.34. The van der Waals surface area contributed by atoms with Gasteiger partial charge in [0.15, 0.2) is 11.0 Å². The number of benzene rings is 1. The van der Waals surface area contributed by atoms with E-state index >= 15 is 0 Å². The maximum Gasteiger partial charge on any atom is 0.267 e. The first kappa shape index (κ1) is 17.2. The number of hydrogen-bond donors (Lipinski definition) is 1. The number of hydrogen-bond acceptors (Lipinski definition) is 5. The molecule has 0 atom stereocenters. The third-order valence-electron chi connectivity index (χ3n) is 3.90. The van der Waals surface area contributed by atoms with Crippen molar-refractivity contribution in [1.82, 2.24) is 9.88 Å². The lowest BCUT2D eigenvalue weighted by atomic mass is 10.1. The maximum absolute atomic E-state index is 12.8. The number of phenolic OH excluding ortho intramolecular Hbond substituents is 1. The van der Waals surface area contributed by atoms with Gasteiger partial charge < -0.3 is 5.11 Å². The Labute approximate surface area is 151 Å². The number of likely N-dealkylation sites (N-methyl/N-ethyl adjacent to an activating group) is 1. The number of aromatic nitrogens is 1. The fourth-order valence-electron chi connectivity index (χ4n) is 2.53. The van der Waals surface area contributed by atoms with Crippen LogP contribution in [0.4, 0.5) is 5.82 Å². The summed E-state index contributed by atoms with van der Waals surface area (Å²) in [5, 5.41) is 10.1. The minimum atomic E-state index is -0.0514. The monoisotopic (exact) mass is 353 g/mol. The van der Waals surface area contributed by atoms with Crippen LogP contribution in [-0.4, -0.2) is 32.6 Å². The Morgan fingerprint density at radius 3 is 2.60 bits per heavy atom. The number of pyridine rings is 1. The highest BCUT2D eigenvalue weighted by molar-refractivity contribution is 8.18. The summed E-state index contributed by atoms with van der Waals surface area (Å²) in [6.45, 7) is 6.29. The molecule has 0 bridgehead atoms. The van der Waals surface area contributed by atoms with Crippen LogP contribution >= 0.6 is 11.8 Å². The van der Waals surface area contributed by atoms with E-state index < -0.39 is 0 Å². The number of carbonyl (C=O) groups excluding carboxylic acids is 1. The SMILES string of the molecule is CCN1C(=O)/C(=C(\C)c2ccc(O)cc2)S/C1=N/c1cccc(C)n1. The molecule has 1 amide bonds. The van der Waals surface area contributed by atoms with Crippen LogP contribution in [0.25, 0.3) is 5.57 Å². The molecule has 0 aliphatic carbocycles. The van der Waals surface area contributed by atoms with Crippen molar-refractivity contribution >= 4 is 34.2 Å². The number of amides is 1. The number of carbonyl (C=O) groups is 1. The predicted molar refractivity (Wildman–Crippen MR) is 102 cm³/mol. The van der Waals surface area contributed by atoms with E-state index in [4.69, 9.17) is 0 Å². The van der Waals surface area contributed by atoms with E-state index in [2.05, 4.69) is 9.98 Å². The first-order valence-corrected chi connectivity index (χ1v) is 8.83. The molecule has 3 rings (SSSR count). The summed E-state index contributed by atoms with van der Waals surface area (Å²) < 4.78 is 0. The summed E-state index contributed by atoms with van der Waals surface area (Å²) in [5.74, 6) is 0.747. The molecule has 1 aromatic heterocycles. The van der Waals surface area contributed by atoms with E-state index in [1.165, 1.54) is 11.8 Å². The van der Waals surface area contributed by atoms with Gasteiger partial charge in [-0.2, -0.15) is 0 Å². The van der Waals surface area contributed by atoms with E-state index in [9.17, 15) is 9.90 Å². The lowest BCUT2D eigenvalue weighted by Crippen LogP contribution is -2.28. The molecule has 0 radical (unpaired) electrons. The number of aromatic hydroxyl groups is 1. The second-order valence-corrected chi connectivity index (χ2v) is 6.66. The second kappa shape index (κ2) is 7.11. The van der Waals surface area contributed by atoms with Crippen molar-refractivity contribution in [3.05, 3.63) is 58.6 Å². The minimum absolute atomic E-state index is 0.0514. The summed E-state index contributed by atoms with van der Waals surface area (Å²) in [5.41, 5.74) is 2.66. The largest absolute Gasteiger partial charge is 0.508 e. The van der Waals surface area contributed by atoms with E-state index in [0.29, 0.717) is 22.4 Å². The number of aryl methyl sites for hydroxylation is 1. The molecule has 1 aliphatic rings. The molecule has 0 saturated carbocycles. The fraction of sp³-hybridized carbons (Fsp3) is 0.211. The van der Waals surface area contributed by atoms with Gasteiger partial charge in [0.1, 0.15) is 5.75 Å². The van der Waals surface area contributed by atoms with Gasteiger partial charge in [-0.05, 0) is 67.9 Å². The van der Waals surface area contributed by atoms with Crippen LogP contribution in [-0.2, 0) is 4.79 Å². The fourth-order valence-corrected chi connectivity index (χ4v) is 3.64. The lowest BCUT2D eigenvalue weighted by molar-refractivity contribution is -0.122. The normalized spacial score (nSPS) is 18.1. The standard InChI is InChI=1S/C19H19N3O2S/c1-4-22-18(24)17(13(3)14-8-10-15(23)11-9-14)25-19(22)21-16-7-5-6-12(2)20-16/h5-11,23H,4H2,1-3H3/b17-13-,21-19+. The zero-order valence-electron chi connectivity index (χ0n) is 14.4. The summed E-state index contributed by atoms with van der Waals surface area (Å²) >= 11 is 1.36. The Hall–Kier alpha value is -2.60. The Bertz CT molecular complexity index is 872. The van der Waals surface area contributed by atoms with Gasteiger partial charge >= 0.3 is 0 Å². The van der Waals surface area contributed by atoms with Gasteiger partial charge in [0.05, 0.1) is 4.91 Å². The van der Waals surface area contributed by atoms with Crippen LogP contribution < -0.4 is 0 Å². The van der Waals surface area contributed by atoms with Gasteiger partial charge in [0, 0.05) is 12.2 Å². The highest BCUT2D eigenvalue weighted by Crippen LogP contribution is 2.37. The average Bonchev–Trinajstić information content (AvgIpc) is 2.90. The number of thioether (sulfide) groups is 1. The molecule has 2 heterocycles. The summed E-state index contributed by atoms with van der Waals surface area (Å²) in [6, 6.07) is 12.5. The first-order chi connectivity index (χ1) is 12.0. The number of aliphatic imine (C=N–C) groups is 1. The smallest absolute Gasteiger partial charge is 0.267 e. The quantitative estimate of drug-likeness (QED) is 0.843. The molecule has 5 nitrogen and oxygen atoms in total. The Balaban J connectivity index is 2.00. The topological polar surface area (TPSA) is 65.8 Å². The number of amidine groups is 1. The summed E-state index contributed by atoms with van der Waals surface area (Å²) in [4.78, 5) is 24.0. The van der Waals surface area contributed by atoms with Gasteiger partial charge in [-0.25, -0.2) is 9.98 Å². The molecule has 1 aliphatic heterocycles. The molecule has 1 saturated heterocycles. The van der Waals surface area contributed by atoms with E-state index in [-0.39, 0.29) is 11.7 Å². The molecule has 0 spiro atoms. The van der Waals surface area contributed by atoms with Crippen LogP contribution in [0.1, 0.15) is 25.1 Å². The van der Waals surface area contributed by atoms with Crippen LogP contribution in [0.15, 0.2) is 52.4 Å². The zero-order chi connectivity index (χ0) is 18.0. The van der Waals surface area contributed by atoms with Crippen LogP contribution in [0, 0.1) is 6.92 Å². The summed E-state index contributed by atoms with van der Waals surface area (Å²) in [7, 11) is 0. The average molecular weight is 353 g/mol. The van der Waals surface area contributed by atoms with Crippen LogP contribution in [0.5, 0.6) is 5.75 Å². The van der Waals surface area contributed by atoms with Crippen molar-refractivity contribution in [3.8, 4) is 5.75 Å². The number of phenols is 1. The van der Waals surface area contributed by atoms with Crippen molar-refractivity contribution in [2.45, 2.75) is 20.8 Å². The Morgan fingerprint density at radius 2 is 1.96 bits per heavy atom. The van der Waals surface area contributed by atoms with Crippen molar-refractivity contribution < 1.29 is 9.90 Å². The maximum atomic E-state index is 12.8. The molecule has 1 fully saturated rings. The number of nitrogens with zero attached hydrogens (tertiary/aromatic N) is 3. The minimum Gasteiger partial charge on any atom is -0.508 e. The third-order valence-corrected chi connectivity index (χ3v) is 5.08. The van der Waals surface area contributed by atoms with E-state index in [0.717, 1.165) is 16.8 Å². The van der Waals surface area contributed by atoms with Crippen LogP contribution in [0.3, 0.4) is 0 Å². The molecule has 25 heavy (non-hydrogen) atoms. The first-order valence-electron chi connectivity index (χ1n) is 8.02. The molecule has 6 heteroatoms. The molecule has 128 valence electrons. The molecular weight excluding hydrogens is 334 g/mol. The molecular formula is C19H19N3O2S. The van der Waals surface area contributed by atoms with Gasteiger partial charge in [-0.1, -0.05) is 18.2 Å². The van der Waals surface area contributed by atoms with Gasteiger partial charge in [-0.15, -0.1) is 0 Å². The Kier molecular flexibility index (Phi) is 4.90. The number of allylic oxidation sites excluding steroid dienone is 1.